The number of nitriles is 1. The van der Waals surface area contributed by atoms with Crippen molar-refractivity contribution in [3.8, 4) is 6.07 Å². The summed E-state index contributed by atoms with van der Waals surface area (Å²) < 4.78 is 0. The zero-order valence-corrected chi connectivity index (χ0v) is 13.0. The maximum Gasteiger partial charge on any atom is 0.301 e. The number of non-ortho nitro benzene ring substituents is 1. The smallest absolute Gasteiger partial charge is 0.271 e. The molecule has 2 rings (SSSR count). The lowest BCUT2D eigenvalue weighted by Crippen LogP contribution is -2.05. The molecule has 2 aromatic rings. The van der Waals surface area contributed by atoms with E-state index in [0.29, 0.717) is 12.1 Å². The van der Waals surface area contributed by atoms with Gasteiger partial charge in [-0.05, 0) is 11.6 Å². The predicted molar refractivity (Wildman–Crippen MR) is 91.2 cm³/mol. The summed E-state index contributed by atoms with van der Waals surface area (Å²) in [5, 5.41) is 34.8. The molecule has 0 atom stereocenters. The Balaban J connectivity index is 2.35. The number of nitrogens with zero attached hydrogens (tertiary/aromatic N) is 4. The van der Waals surface area contributed by atoms with Crippen LogP contribution in [0, 0.1) is 31.6 Å². The minimum Gasteiger partial charge on any atom is -0.271 e. The van der Waals surface area contributed by atoms with Crippen LogP contribution < -0.4 is 5.43 Å². The highest BCUT2D eigenvalue weighted by Gasteiger charge is 2.19. The van der Waals surface area contributed by atoms with Crippen LogP contribution in [0.3, 0.4) is 0 Å². The highest BCUT2D eigenvalue weighted by atomic mass is 16.6. The van der Waals surface area contributed by atoms with Gasteiger partial charge in [-0.3, -0.25) is 25.7 Å². The first kappa shape index (κ1) is 17.6. The molecule has 9 nitrogen and oxygen atoms in total. The summed E-state index contributed by atoms with van der Waals surface area (Å²) in [5.74, 6) is 0. The zero-order valence-electron chi connectivity index (χ0n) is 13.0. The van der Waals surface area contributed by atoms with E-state index in [-0.39, 0.29) is 17.8 Å². The predicted octanol–water partition coefficient (Wildman–Crippen LogP) is 3.62. The van der Waals surface area contributed by atoms with Crippen molar-refractivity contribution in [1.29, 1.82) is 5.26 Å². The van der Waals surface area contributed by atoms with Gasteiger partial charge in [-0.25, -0.2) is 0 Å². The Bertz CT molecular complexity index is 859. The second-order valence-corrected chi connectivity index (χ2v) is 4.91. The Hall–Kier alpha value is -3.80. The van der Waals surface area contributed by atoms with Crippen LogP contribution in [0.25, 0.3) is 0 Å². The summed E-state index contributed by atoms with van der Waals surface area (Å²) >= 11 is 0. The minimum atomic E-state index is -0.720. The van der Waals surface area contributed by atoms with Gasteiger partial charge in [0.2, 0.25) is 0 Å². The van der Waals surface area contributed by atoms with Crippen LogP contribution in [-0.2, 0) is 0 Å². The molecule has 0 aromatic heterocycles. The fourth-order valence-corrected chi connectivity index (χ4v) is 2.08. The van der Waals surface area contributed by atoms with Gasteiger partial charge >= 0.3 is 5.69 Å². The van der Waals surface area contributed by atoms with E-state index in [1.54, 1.807) is 0 Å². The number of hydrogen-bond donors (Lipinski definition) is 1. The van der Waals surface area contributed by atoms with Crippen molar-refractivity contribution < 1.29 is 9.85 Å². The van der Waals surface area contributed by atoms with Crippen molar-refractivity contribution in [2.24, 2.45) is 5.10 Å². The highest BCUT2D eigenvalue weighted by Crippen LogP contribution is 2.29. The van der Waals surface area contributed by atoms with E-state index in [4.69, 9.17) is 5.26 Å². The third kappa shape index (κ3) is 4.59. The molecule has 2 aromatic carbocycles. The maximum absolute atomic E-state index is 11.1. The summed E-state index contributed by atoms with van der Waals surface area (Å²) in [6.07, 6.45) is 0.589. The fourth-order valence-electron chi connectivity index (χ4n) is 2.08. The van der Waals surface area contributed by atoms with Gasteiger partial charge in [0.1, 0.15) is 5.69 Å². The molecule has 0 bridgehead atoms. The molecule has 126 valence electrons. The quantitative estimate of drug-likeness (QED) is 0.465. The van der Waals surface area contributed by atoms with Crippen molar-refractivity contribution in [2.75, 3.05) is 5.43 Å². The molecule has 0 unspecified atom stereocenters. The molecule has 0 spiro atoms. The maximum atomic E-state index is 11.1. The molecule has 0 amide bonds. The first-order chi connectivity index (χ1) is 12.0. The Labute approximate surface area is 142 Å². The standard InChI is InChI=1S/C16H13N5O4/c17-10-4-7-14(12-5-2-1-3-6-12)18-19-15-9-8-13(20(22)23)11-16(15)21(24)25/h1-3,5-6,8-9,11,19H,4,7H2/b18-14+. The molecule has 0 saturated heterocycles. The van der Waals surface area contributed by atoms with E-state index in [1.165, 1.54) is 6.07 Å². The van der Waals surface area contributed by atoms with Crippen LogP contribution in [0.5, 0.6) is 0 Å². The molecule has 0 aliphatic rings. The lowest BCUT2D eigenvalue weighted by atomic mass is 10.1. The van der Waals surface area contributed by atoms with Gasteiger partial charge in [0, 0.05) is 18.9 Å². The summed E-state index contributed by atoms with van der Waals surface area (Å²) in [6, 6.07) is 14.3. The van der Waals surface area contributed by atoms with Gasteiger partial charge in [0.25, 0.3) is 5.69 Å². The Morgan fingerprint density at radius 3 is 2.44 bits per heavy atom. The Morgan fingerprint density at radius 2 is 1.84 bits per heavy atom. The lowest BCUT2D eigenvalue weighted by Gasteiger charge is -2.07. The second-order valence-electron chi connectivity index (χ2n) is 4.91. The van der Waals surface area contributed by atoms with Crippen LogP contribution >= 0.6 is 0 Å². The van der Waals surface area contributed by atoms with Gasteiger partial charge in [-0.15, -0.1) is 0 Å². The van der Waals surface area contributed by atoms with Crippen molar-refractivity contribution in [3.05, 3.63) is 74.3 Å². The van der Waals surface area contributed by atoms with Crippen molar-refractivity contribution in [3.63, 3.8) is 0 Å². The number of rotatable bonds is 7. The SMILES string of the molecule is N#CCC/C(=N\Nc1ccc([N+](=O)[O-])cc1[N+](=O)[O-])c1ccccc1. The van der Waals surface area contributed by atoms with E-state index in [0.717, 1.165) is 17.7 Å². The largest absolute Gasteiger partial charge is 0.301 e. The number of nitrogens with one attached hydrogen (secondary N) is 1. The van der Waals surface area contributed by atoms with E-state index in [9.17, 15) is 20.2 Å². The molecule has 9 heteroatoms. The molecule has 0 radical (unpaired) electrons. The van der Waals surface area contributed by atoms with Crippen molar-refractivity contribution in [2.45, 2.75) is 12.8 Å². The van der Waals surface area contributed by atoms with E-state index < -0.39 is 15.5 Å². The van der Waals surface area contributed by atoms with Crippen LogP contribution in [0.4, 0.5) is 17.1 Å². The van der Waals surface area contributed by atoms with Crippen LogP contribution in [-0.4, -0.2) is 15.6 Å². The average Bonchev–Trinajstić information content (AvgIpc) is 2.62. The average molecular weight is 339 g/mol. The minimum absolute atomic E-state index is 0.0287. The normalized spacial score (nSPS) is 10.8. The molecule has 25 heavy (non-hydrogen) atoms. The van der Waals surface area contributed by atoms with Crippen LogP contribution in [0.15, 0.2) is 53.6 Å². The lowest BCUT2D eigenvalue weighted by molar-refractivity contribution is -0.393. The number of hydrogen-bond acceptors (Lipinski definition) is 7. The first-order valence-electron chi connectivity index (χ1n) is 7.20. The second kappa shape index (κ2) is 8.16. The third-order valence-corrected chi connectivity index (χ3v) is 3.28. The molecule has 0 saturated carbocycles. The molecule has 0 aliphatic carbocycles. The van der Waals surface area contributed by atoms with Crippen molar-refractivity contribution in [1.82, 2.24) is 0 Å². The third-order valence-electron chi connectivity index (χ3n) is 3.28. The summed E-state index contributed by atoms with van der Waals surface area (Å²) in [6.45, 7) is 0. The van der Waals surface area contributed by atoms with E-state index in [1.807, 2.05) is 36.4 Å². The summed E-state index contributed by atoms with van der Waals surface area (Å²) in [4.78, 5) is 20.5. The van der Waals surface area contributed by atoms with Gasteiger partial charge in [0.15, 0.2) is 0 Å². The number of nitro benzene ring substituents is 2. The Morgan fingerprint density at radius 1 is 1.12 bits per heavy atom. The number of hydrazone groups is 1. The van der Waals surface area contributed by atoms with Crippen LogP contribution in [0.2, 0.25) is 0 Å². The monoisotopic (exact) mass is 339 g/mol. The molecular weight excluding hydrogens is 326 g/mol. The first-order valence-corrected chi connectivity index (χ1v) is 7.20. The molecule has 0 fully saturated rings. The molecular formula is C16H13N5O4. The molecule has 1 N–H and O–H groups in total. The van der Waals surface area contributed by atoms with Crippen LogP contribution in [0.1, 0.15) is 18.4 Å². The van der Waals surface area contributed by atoms with Gasteiger partial charge < -0.3 is 0 Å². The Kier molecular flexibility index (Phi) is 5.73. The summed E-state index contributed by atoms with van der Waals surface area (Å²) in [7, 11) is 0. The highest BCUT2D eigenvalue weighted by molar-refractivity contribution is 6.01. The fraction of sp³-hybridized carbons (Fsp3) is 0.125. The van der Waals surface area contributed by atoms with Gasteiger partial charge in [-0.2, -0.15) is 10.4 Å². The topological polar surface area (TPSA) is 134 Å². The van der Waals surface area contributed by atoms with E-state index >= 15 is 0 Å². The van der Waals surface area contributed by atoms with Gasteiger partial charge in [-0.1, -0.05) is 30.3 Å². The molecule has 0 aliphatic heterocycles. The number of benzene rings is 2. The molecule has 0 heterocycles. The number of nitro groups is 2. The van der Waals surface area contributed by atoms with E-state index in [2.05, 4.69) is 10.5 Å². The van der Waals surface area contributed by atoms with Crippen molar-refractivity contribution >= 4 is 22.8 Å². The summed E-state index contributed by atoms with van der Waals surface area (Å²) in [5.41, 5.74) is 3.10. The van der Waals surface area contributed by atoms with Gasteiger partial charge in [0.05, 0.1) is 27.7 Å². The number of anilines is 1. The zero-order chi connectivity index (χ0) is 18.2.